The van der Waals surface area contributed by atoms with Crippen molar-refractivity contribution in [1.82, 2.24) is 10.3 Å². The van der Waals surface area contributed by atoms with E-state index in [-0.39, 0.29) is 5.56 Å². The van der Waals surface area contributed by atoms with E-state index >= 15 is 0 Å². The molecule has 17 heavy (non-hydrogen) atoms. The van der Waals surface area contributed by atoms with Gasteiger partial charge in [0.15, 0.2) is 0 Å². The average Bonchev–Trinajstić information content (AvgIpc) is 2.18. The summed E-state index contributed by atoms with van der Waals surface area (Å²) in [6.07, 6.45) is 1.86. The van der Waals surface area contributed by atoms with Crippen molar-refractivity contribution in [3.63, 3.8) is 0 Å². The monoisotopic (exact) mass is 238 g/mol. The molecule has 1 aromatic rings. The normalized spacial score (nSPS) is 11.0. The molecule has 0 spiro atoms. The maximum Gasteiger partial charge on any atom is 0.407 e. The third-order valence-corrected chi connectivity index (χ3v) is 1.93. The van der Waals surface area contributed by atoms with Gasteiger partial charge in [-0.2, -0.15) is 0 Å². The van der Waals surface area contributed by atoms with Gasteiger partial charge in [-0.25, -0.2) is 4.79 Å². The quantitative estimate of drug-likeness (QED) is 0.837. The summed E-state index contributed by atoms with van der Waals surface area (Å²) >= 11 is 0. The molecule has 0 saturated carbocycles. The summed E-state index contributed by atoms with van der Waals surface area (Å²) in [5.74, 6) is 0. The van der Waals surface area contributed by atoms with Crippen LogP contribution in [-0.4, -0.2) is 23.2 Å². The number of aromatic nitrogens is 1. The van der Waals surface area contributed by atoms with Gasteiger partial charge >= 0.3 is 6.09 Å². The molecule has 1 amide bonds. The Morgan fingerprint density at radius 2 is 2.12 bits per heavy atom. The zero-order chi connectivity index (χ0) is 12.9. The average molecular weight is 238 g/mol. The van der Waals surface area contributed by atoms with Crippen LogP contribution in [0.25, 0.3) is 0 Å². The molecule has 2 N–H and O–H groups in total. The van der Waals surface area contributed by atoms with Crippen LogP contribution >= 0.6 is 0 Å². The van der Waals surface area contributed by atoms with Gasteiger partial charge in [0.1, 0.15) is 5.60 Å². The predicted octanol–water partition coefficient (Wildman–Crippen LogP) is 1.44. The summed E-state index contributed by atoms with van der Waals surface area (Å²) < 4.78 is 5.09. The molecule has 0 aliphatic carbocycles. The second-order valence-electron chi connectivity index (χ2n) is 4.74. The minimum Gasteiger partial charge on any atom is -0.444 e. The van der Waals surface area contributed by atoms with E-state index in [1.54, 1.807) is 12.3 Å². The first-order valence-electron chi connectivity index (χ1n) is 5.51. The summed E-state index contributed by atoms with van der Waals surface area (Å²) in [5, 5.41) is 2.65. The van der Waals surface area contributed by atoms with Gasteiger partial charge in [-0.15, -0.1) is 0 Å². The number of hydrogen-bond donors (Lipinski definition) is 2. The van der Waals surface area contributed by atoms with Gasteiger partial charge < -0.3 is 15.0 Å². The number of pyridine rings is 1. The van der Waals surface area contributed by atoms with Crippen molar-refractivity contribution < 1.29 is 9.53 Å². The number of carbonyl (C=O) groups excluding carboxylic acids is 1. The molecule has 0 aliphatic rings. The molecule has 0 saturated heterocycles. The Balaban J connectivity index is 2.31. The van der Waals surface area contributed by atoms with Crippen LogP contribution < -0.4 is 10.9 Å². The second-order valence-corrected chi connectivity index (χ2v) is 4.74. The Bertz CT molecular complexity index is 412. The summed E-state index contributed by atoms with van der Waals surface area (Å²) in [7, 11) is 0. The molecule has 0 unspecified atom stereocenters. The van der Waals surface area contributed by atoms with E-state index in [0.29, 0.717) is 13.0 Å². The topological polar surface area (TPSA) is 71.2 Å². The van der Waals surface area contributed by atoms with Crippen molar-refractivity contribution in [3.05, 3.63) is 34.2 Å². The summed E-state index contributed by atoms with van der Waals surface area (Å²) in [4.78, 5) is 24.7. The smallest absolute Gasteiger partial charge is 0.407 e. The number of amides is 1. The Kier molecular flexibility index (Phi) is 4.31. The number of aromatic amines is 1. The molecular weight excluding hydrogens is 220 g/mol. The molecular formula is C12H18N2O3. The Labute approximate surface area is 100 Å². The van der Waals surface area contributed by atoms with Crippen LogP contribution in [0.5, 0.6) is 0 Å². The van der Waals surface area contributed by atoms with Crippen molar-refractivity contribution >= 4 is 6.09 Å². The zero-order valence-electron chi connectivity index (χ0n) is 10.4. The molecule has 1 heterocycles. The highest BCUT2D eigenvalue weighted by atomic mass is 16.6. The van der Waals surface area contributed by atoms with Crippen LogP contribution in [0.1, 0.15) is 26.3 Å². The number of hydrogen-bond acceptors (Lipinski definition) is 3. The molecule has 5 nitrogen and oxygen atoms in total. The van der Waals surface area contributed by atoms with Gasteiger partial charge in [0.05, 0.1) is 0 Å². The first-order chi connectivity index (χ1) is 7.87. The van der Waals surface area contributed by atoms with E-state index < -0.39 is 11.7 Å². The lowest BCUT2D eigenvalue weighted by atomic mass is 10.2. The minimum atomic E-state index is -0.484. The lowest BCUT2D eigenvalue weighted by Gasteiger charge is -2.19. The highest BCUT2D eigenvalue weighted by molar-refractivity contribution is 5.67. The van der Waals surface area contributed by atoms with Crippen LogP contribution in [0, 0.1) is 0 Å². The fourth-order valence-corrected chi connectivity index (χ4v) is 1.22. The van der Waals surface area contributed by atoms with Gasteiger partial charge in [0.25, 0.3) is 0 Å². The number of rotatable bonds is 3. The first kappa shape index (κ1) is 13.3. The largest absolute Gasteiger partial charge is 0.444 e. The van der Waals surface area contributed by atoms with Crippen LogP contribution in [0.3, 0.4) is 0 Å². The zero-order valence-corrected chi connectivity index (χ0v) is 10.4. The molecule has 94 valence electrons. The lowest BCUT2D eigenvalue weighted by molar-refractivity contribution is 0.0528. The molecule has 1 aromatic heterocycles. The SMILES string of the molecule is CC(C)(C)OC(=O)NCCc1ccc(=O)[nH]c1. The molecule has 0 radical (unpaired) electrons. The lowest BCUT2D eigenvalue weighted by Crippen LogP contribution is -2.33. The number of carbonyl (C=O) groups is 1. The molecule has 0 bridgehead atoms. The minimum absolute atomic E-state index is 0.131. The van der Waals surface area contributed by atoms with E-state index in [0.717, 1.165) is 5.56 Å². The van der Waals surface area contributed by atoms with E-state index in [9.17, 15) is 9.59 Å². The maximum absolute atomic E-state index is 11.3. The second kappa shape index (κ2) is 5.52. The number of ether oxygens (including phenoxy) is 1. The van der Waals surface area contributed by atoms with Gasteiger partial charge in [0, 0.05) is 18.8 Å². The fraction of sp³-hybridized carbons (Fsp3) is 0.500. The van der Waals surface area contributed by atoms with Crippen LogP contribution in [0.4, 0.5) is 4.79 Å². The number of H-pyrrole nitrogens is 1. The maximum atomic E-state index is 11.3. The first-order valence-corrected chi connectivity index (χ1v) is 5.51. The molecule has 0 aliphatic heterocycles. The van der Waals surface area contributed by atoms with Crippen LogP contribution in [0.15, 0.2) is 23.1 Å². The van der Waals surface area contributed by atoms with E-state index in [1.807, 2.05) is 20.8 Å². The van der Waals surface area contributed by atoms with Crippen molar-refractivity contribution in [1.29, 1.82) is 0 Å². The molecule has 0 fully saturated rings. The fourth-order valence-electron chi connectivity index (χ4n) is 1.22. The molecule has 1 rings (SSSR count). The van der Waals surface area contributed by atoms with Gasteiger partial charge in [0.2, 0.25) is 5.56 Å². The van der Waals surface area contributed by atoms with Gasteiger partial charge in [-0.1, -0.05) is 6.07 Å². The summed E-state index contributed by atoms with van der Waals surface area (Å²) in [6, 6.07) is 3.19. The van der Waals surface area contributed by atoms with E-state index in [1.165, 1.54) is 6.07 Å². The van der Waals surface area contributed by atoms with Crippen molar-refractivity contribution in [2.45, 2.75) is 32.8 Å². The Hall–Kier alpha value is -1.78. The Morgan fingerprint density at radius 3 is 2.65 bits per heavy atom. The molecule has 0 atom stereocenters. The summed E-state index contributed by atoms with van der Waals surface area (Å²) in [6.45, 7) is 5.92. The number of nitrogens with one attached hydrogen (secondary N) is 2. The third kappa shape index (κ3) is 5.75. The standard InChI is InChI=1S/C12H18N2O3/c1-12(2,3)17-11(16)13-7-6-9-4-5-10(15)14-8-9/h4-5,8H,6-7H2,1-3H3,(H,13,16)(H,14,15). The van der Waals surface area contributed by atoms with Gasteiger partial charge in [-0.05, 0) is 32.8 Å². The van der Waals surface area contributed by atoms with E-state index in [4.69, 9.17) is 4.74 Å². The van der Waals surface area contributed by atoms with Crippen LogP contribution in [-0.2, 0) is 11.2 Å². The molecule has 5 heteroatoms. The van der Waals surface area contributed by atoms with Crippen molar-refractivity contribution in [3.8, 4) is 0 Å². The predicted molar refractivity (Wildman–Crippen MR) is 65.0 cm³/mol. The molecule has 0 aromatic carbocycles. The third-order valence-electron chi connectivity index (χ3n) is 1.93. The highest BCUT2D eigenvalue weighted by Crippen LogP contribution is 2.06. The van der Waals surface area contributed by atoms with E-state index in [2.05, 4.69) is 10.3 Å². The number of alkyl carbamates (subject to hydrolysis) is 1. The highest BCUT2D eigenvalue weighted by Gasteiger charge is 2.15. The van der Waals surface area contributed by atoms with Crippen molar-refractivity contribution in [2.75, 3.05) is 6.54 Å². The van der Waals surface area contributed by atoms with Gasteiger partial charge in [-0.3, -0.25) is 4.79 Å². The van der Waals surface area contributed by atoms with Crippen molar-refractivity contribution in [2.24, 2.45) is 0 Å². The summed E-state index contributed by atoms with van der Waals surface area (Å²) in [5.41, 5.74) is 0.344. The Morgan fingerprint density at radius 1 is 1.41 bits per heavy atom. The van der Waals surface area contributed by atoms with Crippen LogP contribution in [0.2, 0.25) is 0 Å².